The molecule has 2 aliphatic heterocycles. The average Bonchev–Trinajstić information content (AvgIpc) is 2.89. The van der Waals surface area contributed by atoms with Gasteiger partial charge in [0.05, 0.1) is 24.1 Å². The monoisotopic (exact) mass is 478 g/mol. The zero-order valence-electron chi connectivity index (χ0n) is 21.1. The number of carbonyl (C=O) groups is 2. The van der Waals surface area contributed by atoms with Crippen molar-refractivity contribution in [3.05, 3.63) is 59.7 Å². The van der Waals surface area contributed by atoms with Crippen LogP contribution in [0.15, 0.2) is 48.5 Å². The summed E-state index contributed by atoms with van der Waals surface area (Å²) in [5.74, 6) is 1.77. The van der Waals surface area contributed by atoms with Gasteiger partial charge in [-0.3, -0.25) is 9.59 Å². The Morgan fingerprint density at radius 3 is 2.49 bits per heavy atom. The number of benzene rings is 2. The predicted molar refractivity (Wildman–Crippen MR) is 137 cm³/mol. The molecule has 1 saturated heterocycles. The first-order chi connectivity index (χ1) is 17.1. The molecule has 0 bridgehead atoms. The van der Waals surface area contributed by atoms with E-state index < -0.39 is 5.41 Å². The summed E-state index contributed by atoms with van der Waals surface area (Å²) in [6.45, 7) is 7.38. The summed E-state index contributed by atoms with van der Waals surface area (Å²) in [7, 11) is 0. The quantitative estimate of drug-likeness (QED) is 0.623. The lowest BCUT2D eigenvalue weighted by atomic mass is 9.73. The number of para-hydroxylation sites is 2. The standard InChI is InChI=1S/C29H38N2O4/c1-3-30-21-22-35-25-14-7-5-11-23(25)12-9-10-16-29(28(30)33)17-19-31(20-18-29)27(32)24-13-6-8-15-26(24)34-4-2/h5-8,11,13-15H,3-4,9-10,12,16-22H2,1-2H3. The van der Waals surface area contributed by atoms with E-state index in [1.807, 2.05) is 60.0 Å². The van der Waals surface area contributed by atoms with Gasteiger partial charge in [-0.2, -0.15) is 0 Å². The number of likely N-dealkylation sites (tertiary alicyclic amines) is 1. The Bertz CT molecular complexity index is 1010. The Kier molecular flexibility index (Phi) is 8.32. The average molecular weight is 479 g/mol. The predicted octanol–water partition coefficient (Wildman–Crippen LogP) is 4.96. The smallest absolute Gasteiger partial charge is 0.257 e. The van der Waals surface area contributed by atoms with E-state index in [0.717, 1.165) is 31.4 Å². The lowest BCUT2D eigenvalue weighted by Crippen LogP contribution is -2.52. The fourth-order valence-electron chi connectivity index (χ4n) is 5.44. The number of aryl methyl sites for hydroxylation is 1. The van der Waals surface area contributed by atoms with Crippen molar-refractivity contribution in [2.45, 2.75) is 52.4 Å². The lowest BCUT2D eigenvalue weighted by Gasteiger charge is -2.43. The molecule has 2 heterocycles. The molecule has 2 amide bonds. The summed E-state index contributed by atoms with van der Waals surface area (Å²) >= 11 is 0. The van der Waals surface area contributed by atoms with Crippen LogP contribution in [0.1, 0.15) is 61.9 Å². The van der Waals surface area contributed by atoms with Gasteiger partial charge in [0.1, 0.15) is 18.1 Å². The van der Waals surface area contributed by atoms with Crippen LogP contribution >= 0.6 is 0 Å². The minimum Gasteiger partial charge on any atom is -0.493 e. The Morgan fingerprint density at radius 1 is 0.971 bits per heavy atom. The third kappa shape index (κ3) is 5.63. The Hall–Kier alpha value is -3.02. The molecule has 1 spiro atoms. The number of rotatable bonds is 4. The molecule has 2 aromatic carbocycles. The van der Waals surface area contributed by atoms with Gasteiger partial charge < -0.3 is 19.3 Å². The molecule has 0 aliphatic carbocycles. The van der Waals surface area contributed by atoms with E-state index in [2.05, 4.69) is 12.1 Å². The number of hydrogen-bond acceptors (Lipinski definition) is 4. The van der Waals surface area contributed by atoms with Crippen molar-refractivity contribution in [1.29, 1.82) is 0 Å². The summed E-state index contributed by atoms with van der Waals surface area (Å²) in [6.07, 6.45) is 5.22. The number of fused-ring (bicyclic) bond motifs is 1. The molecule has 0 saturated carbocycles. The van der Waals surface area contributed by atoms with E-state index in [9.17, 15) is 9.59 Å². The molecule has 0 N–H and O–H groups in total. The van der Waals surface area contributed by atoms with Gasteiger partial charge in [0, 0.05) is 19.6 Å². The molecule has 4 rings (SSSR count). The van der Waals surface area contributed by atoms with Crippen LogP contribution in [0.25, 0.3) is 0 Å². The number of amides is 2. The molecule has 0 aromatic heterocycles. The third-order valence-corrected chi connectivity index (χ3v) is 7.49. The van der Waals surface area contributed by atoms with Gasteiger partial charge in [-0.25, -0.2) is 0 Å². The fraction of sp³-hybridized carbons (Fsp3) is 0.517. The number of piperidine rings is 1. The Labute approximate surface area is 209 Å². The van der Waals surface area contributed by atoms with E-state index >= 15 is 0 Å². The Morgan fingerprint density at radius 2 is 1.71 bits per heavy atom. The second-order valence-electron chi connectivity index (χ2n) is 9.55. The molecule has 188 valence electrons. The van der Waals surface area contributed by atoms with E-state index in [1.165, 1.54) is 5.56 Å². The van der Waals surface area contributed by atoms with Gasteiger partial charge in [0.15, 0.2) is 0 Å². The summed E-state index contributed by atoms with van der Waals surface area (Å²) in [5, 5.41) is 0. The SMILES string of the molecule is CCOc1ccccc1C(=O)N1CCC2(CCCCc3ccccc3OCCN(CC)C2=O)CC1. The van der Waals surface area contributed by atoms with Crippen LogP contribution in [-0.4, -0.2) is 61.0 Å². The van der Waals surface area contributed by atoms with Crippen LogP contribution < -0.4 is 9.47 Å². The molecular weight excluding hydrogens is 440 g/mol. The Balaban J connectivity index is 1.49. The van der Waals surface area contributed by atoms with E-state index in [-0.39, 0.29) is 11.8 Å². The highest BCUT2D eigenvalue weighted by atomic mass is 16.5. The fourth-order valence-corrected chi connectivity index (χ4v) is 5.44. The summed E-state index contributed by atoms with van der Waals surface area (Å²) < 4.78 is 11.8. The van der Waals surface area contributed by atoms with Crippen molar-refractivity contribution in [3.63, 3.8) is 0 Å². The molecule has 35 heavy (non-hydrogen) atoms. The van der Waals surface area contributed by atoms with Crippen molar-refractivity contribution in [3.8, 4) is 11.5 Å². The van der Waals surface area contributed by atoms with Crippen molar-refractivity contribution in [2.24, 2.45) is 5.41 Å². The topological polar surface area (TPSA) is 59.1 Å². The summed E-state index contributed by atoms with van der Waals surface area (Å²) in [6, 6.07) is 15.7. The molecule has 6 heteroatoms. The third-order valence-electron chi connectivity index (χ3n) is 7.49. The minimum absolute atomic E-state index is 0.0122. The summed E-state index contributed by atoms with van der Waals surface area (Å²) in [5.41, 5.74) is 1.43. The largest absolute Gasteiger partial charge is 0.493 e. The maximum absolute atomic E-state index is 13.8. The molecule has 0 atom stereocenters. The van der Waals surface area contributed by atoms with Gasteiger partial charge >= 0.3 is 0 Å². The number of hydrogen-bond donors (Lipinski definition) is 0. The second kappa shape index (κ2) is 11.6. The van der Waals surface area contributed by atoms with Gasteiger partial charge in [0.2, 0.25) is 5.91 Å². The second-order valence-corrected chi connectivity index (χ2v) is 9.55. The minimum atomic E-state index is -0.412. The lowest BCUT2D eigenvalue weighted by molar-refractivity contribution is -0.145. The van der Waals surface area contributed by atoms with Gasteiger partial charge in [-0.05, 0) is 69.7 Å². The highest BCUT2D eigenvalue weighted by molar-refractivity contribution is 5.97. The highest BCUT2D eigenvalue weighted by Crippen LogP contribution is 2.40. The van der Waals surface area contributed by atoms with Crippen LogP contribution in [0.4, 0.5) is 0 Å². The molecule has 6 nitrogen and oxygen atoms in total. The first-order valence-electron chi connectivity index (χ1n) is 13.1. The van der Waals surface area contributed by atoms with Crippen LogP contribution in [-0.2, 0) is 11.2 Å². The molecule has 1 fully saturated rings. The maximum Gasteiger partial charge on any atom is 0.257 e. The summed E-state index contributed by atoms with van der Waals surface area (Å²) in [4.78, 5) is 31.0. The molecule has 2 aromatic rings. The van der Waals surface area contributed by atoms with Crippen molar-refractivity contribution in [2.75, 3.05) is 39.4 Å². The van der Waals surface area contributed by atoms with Gasteiger partial charge in [-0.1, -0.05) is 36.8 Å². The van der Waals surface area contributed by atoms with Crippen molar-refractivity contribution < 1.29 is 19.1 Å². The first-order valence-corrected chi connectivity index (χ1v) is 13.1. The zero-order chi connectivity index (χ0) is 24.7. The van der Waals surface area contributed by atoms with E-state index in [0.29, 0.717) is 63.5 Å². The zero-order valence-corrected chi connectivity index (χ0v) is 21.1. The number of carbonyl (C=O) groups excluding carboxylic acids is 2. The highest BCUT2D eigenvalue weighted by Gasteiger charge is 2.44. The van der Waals surface area contributed by atoms with Crippen LogP contribution in [0, 0.1) is 5.41 Å². The normalized spacial score (nSPS) is 18.7. The van der Waals surface area contributed by atoms with Crippen LogP contribution in [0.3, 0.4) is 0 Å². The maximum atomic E-state index is 13.8. The number of likely N-dealkylation sites (N-methyl/N-ethyl adjacent to an activating group) is 1. The molecular formula is C29H38N2O4. The van der Waals surface area contributed by atoms with Gasteiger partial charge in [0.25, 0.3) is 5.91 Å². The number of nitrogens with zero attached hydrogens (tertiary/aromatic N) is 2. The van der Waals surface area contributed by atoms with E-state index in [4.69, 9.17) is 9.47 Å². The van der Waals surface area contributed by atoms with Gasteiger partial charge in [-0.15, -0.1) is 0 Å². The van der Waals surface area contributed by atoms with Crippen LogP contribution in [0.2, 0.25) is 0 Å². The van der Waals surface area contributed by atoms with Crippen LogP contribution in [0.5, 0.6) is 11.5 Å². The molecule has 0 unspecified atom stereocenters. The molecule has 2 aliphatic rings. The van der Waals surface area contributed by atoms with Crippen molar-refractivity contribution >= 4 is 11.8 Å². The first kappa shape index (κ1) is 25.1. The molecule has 0 radical (unpaired) electrons. The van der Waals surface area contributed by atoms with E-state index in [1.54, 1.807) is 0 Å². The van der Waals surface area contributed by atoms with Crippen molar-refractivity contribution in [1.82, 2.24) is 9.80 Å². The number of ether oxygens (including phenoxy) is 2.